The number of fused-ring (bicyclic) bond motifs is 3. The molecule has 0 aliphatic carbocycles. The molecule has 4 atom stereocenters. The van der Waals surface area contributed by atoms with Crippen molar-refractivity contribution in [2.45, 2.75) is 103 Å². The zero-order valence-corrected chi connectivity index (χ0v) is 32.6. The van der Waals surface area contributed by atoms with Crippen molar-refractivity contribution in [3.8, 4) is 0 Å². The summed E-state index contributed by atoms with van der Waals surface area (Å²) >= 11 is 0. The van der Waals surface area contributed by atoms with Crippen molar-refractivity contribution in [3.63, 3.8) is 0 Å². The number of anilines is 1. The molecule has 2 aromatic carbocycles. The van der Waals surface area contributed by atoms with Crippen LogP contribution in [0.15, 0.2) is 48.5 Å². The van der Waals surface area contributed by atoms with Gasteiger partial charge in [0.25, 0.3) is 5.91 Å². The molecule has 2 aromatic rings. The molecule has 304 valence electrons. The molecule has 4 N–H and O–H groups in total. The molecule has 4 aliphatic rings. The lowest BCUT2D eigenvalue weighted by atomic mass is 9.99. The fourth-order valence-corrected chi connectivity index (χ4v) is 7.17. The molecular formula is C40H54FN7O8. The Morgan fingerprint density at radius 3 is 2.02 bits per heavy atom. The maximum atomic E-state index is 13.4. The first-order chi connectivity index (χ1) is 26.8. The lowest BCUT2D eigenvalue weighted by molar-refractivity contribution is -0.156. The van der Waals surface area contributed by atoms with Crippen LogP contribution in [0.2, 0.25) is 0 Å². The van der Waals surface area contributed by atoms with Crippen LogP contribution in [0.3, 0.4) is 0 Å². The number of urea groups is 1. The molecular weight excluding hydrogens is 725 g/mol. The summed E-state index contributed by atoms with van der Waals surface area (Å²) in [5.41, 5.74) is 5.26. The molecule has 4 unspecified atom stereocenters. The molecule has 0 aromatic heterocycles. The van der Waals surface area contributed by atoms with Gasteiger partial charge in [0.05, 0.1) is 6.42 Å². The van der Waals surface area contributed by atoms with Crippen LogP contribution in [0.4, 0.5) is 15.0 Å². The molecule has 4 saturated heterocycles. The number of hydrogen-bond donors (Lipinski definition) is 4. The minimum Gasteiger partial charge on any atom is -0.464 e. The lowest BCUT2D eigenvalue weighted by Crippen LogP contribution is -2.59. The SMILES string of the molecule is CC1NC(=O)C2CCCCN2C(=O)C2CCCN2C(=O)CCOC(=O)C2CCCN2C1=O.Cc1ccc(NC(=O)NCC(=O)NF)cc1.Cc1cccc(C)c1. The van der Waals surface area contributed by atoms with Gasteiger partial charge >= 0.3 is 12.0 Å². The fourth-order valence-electron chi connectivity index (χ4n) is 7.17. The number of carbonyl (C=O) groups excluding carboxylic acids is 7. The summed E-state index contributed by atoms with van der Waals surface area (Å²) in [6.07, 6.45) is 4.59. The third kappa shape index (κ3) is 12.2. The molecule has 15 nitrogen and oxygen atoms in total. The third-order valence-corrected chi connectivity index (χ3v) is 10.0. The van der Waals surface area contributed by atoms with Crippen molar-refractivity contribution >= 4 is 47.2 Å². The number of piperidine rings is 1. The van der Waals surface area contributed by atoms with Gasteiger partial charge < -0.3 is 35.4 Å². The van der Waals surface area contributed by atoms with Gasteiger partial charge in [-0.05, 0) is 84.8 Å². The van der Waals surface area contributed by atoms with Gasteiger partial charge in [-0.1, -0.05) is 53.1 Å². The van der Waals surface area contributed by atoms with Crippen LogP contribution < -0.4 is 21.5 Å². The quantitative estimate of drug-likeness (QED) is 0.270. The first kappa shape index (κ1) is 43.2. The highest BCUT2D eigenvalue weighted by Crippen LogP contribution is 2.26. The van der Waals surface area contributed by atoms with Crippen molar-refractivity contribution in [2.24, 2.45) is 0 Å². The van der Waals surface area contributed by atoms with E-state index in [0.29, 0.717) is 51.0 Å². The zero-order valence-electron chi connectivity index (χ0n) is 32.6. The number of rotatable bonds is 3. The number of cyclic esters (lactones) is 1. The molecule has 4 heterocycles. The third-order valence-electron chi connectivity index (χ3n) is 10.0. The Labute approximate surface area is 327 Å². The number of amides is 7. The highest BCUT2D eigenvalue weighted by molar-refractivity contribution is 5.96. The van der Waals surface area contributed by atoms with Crippen molar-refractivity contribution in [2.75, 3.05) is 38.1 Å². The molecule has 7 amide bonds. The number of benzene rings is 2. The molecule has 0 spiro atoms. The molecule has 6 rings (SSSR count). The molecule has 0 saturated carbocycles. The van der Waals surface area contributed by atoms with Gasteiger partial charge in [-0.15, -0.1) is 4.48 Å². The Hall–Kier alpha value is -5.54. The summed E-state index contributed by atoms with van der Waals surface area (Å²) in [6.45, 7) is 8.62. The van der Waals surface area contributed by atoms with Crippen LogP contribution in [0.25, 0.3) is 0 Å². The average Bonchev–Trinajstić information content (AvgIpc) is 3.89. The van der Waals surface area contributed by atoms with E-state index < -0.39 is 48.6 Å². The van der Waals surface area contributed by atoms with Crippen LogP contribution in [-0.4, -0.2) is 113 Å². The molecule has 4 fully saturated rings. The van der Waals surface area contributed by atoms with Gasteiger partial charge in [0.2, 0.25) is 23.6 Å². The Morgan fingerprint density at radius 2 is 1.38 bits per heavy atom. The van der Waals surface area contributed by atoms with E-state index in [1.165, 1.54) is 16.0 Å². The largest absolute Gasteiger partial charge is 0.464 e. The van der Waals surface area contributed by atoms with Crippen LogP contribution >= 0.6 is 0 Å². The van der Waals surface area contributed by atoms with Gasteiger partial charge in [-0.2, -0.15) is 5.54 Å². The van der Waals surface area contributed by atoms with Crippen molar-refractivity contribution in [1.82, 2.24) is 30.9 Å². The van der Waals surface area contributed by atoms with E-state index in [1.54, 1.807) is 28.9 Å². The van der Waals surface area contributed by atoms with E-state index in [2.05, 4.69) is 54.1 Å². The highest BCUT2D eigenvalue weighted by Gasteiger charge is 2.43. The summed E-state index contributed by atoms with van der Waals surface area (Å²) in [7, 11) is 0. The molecule has 0 radical (unpaired) electrons. The second kappa shape index (κ2) is 20.9. The summed E-state index contributed by atoms with van der Waals surface area (Å²) < 4.78 is 16.9. The average molecular weight is 780 g/mol. The van der Waals surface area contributed by atoms with E-state index >= 15 is 0 Å². The predicted molar refractivity (Wildman–Crippen MR) is 205 cm³/mol. The maximum absolute atomic E-state index is 13.4. The Kier molecular flexibility index (Phi) is 16.2. The van der Waals surface area contributed by atoms with Crippen molar-refractivity contribution < 1.29 is 42.8 Å². The normalized spacial score (nSPS) is 22.8. The van der Waals surface area contributed by atoms with E-state index in [9.17, 15) is 38.0 Å². The summed E-state index contributed by atoms with van der Waals surface area (Å²) in [5.74, 6) is -2.57. The Morgan fingerprint density at radius 1 is 0.768 bits per heavy atom. The summed E-state index contributed by atoms with van der Waals surface area (Å²) in [4.78, 5) is 91.2. The first-order valence-corrected chi connectivity index (χ1v) is 19.2. The van der Waals surface area contributed by atoms with Crippen molar-refractivity contribution in [1.29, 1.82) is 0 Å². The number of nitrogens with zero attached hydrogens (tertiary/aromatic N) is 3. The number of ether oxygens (including phenoxy) is 1. The van der Waals surface area contributed by atoms with Crippen LogP contribution in [0, 0.1) is 20.8 Å². The first-order valence-electron chi connectivity index (χ1n) is 19.2. The Bertz CT molecular complexity index is 1710. The van der Waals surface area contributed by atoms with Gasteiger partial charge in [0, 0.05) is 25.3 Å². The Balaban J connectivity index is 0.000000239. The smallest absolute Gasteiger partial charge is 0.328 e. The maximum Gasteiger partial charge on any atom is 0.328 e. The number of esters is 1. The second-order valence-electron chi connectivity index (χ2n) is 14.5. The number of carbonyl (C=O) groups is 7. The van der Waals surface area contributed by atoms with Gasteiger partial charge in [-0.25, -0.2) is 9.59 Å². The topological polar surface area (TPSA) is 187 Å². The van der Waals surface area contributed by atoms with Crippen LogP contribution in [-0.2, 0) is 33.5 Å². The van der Waals surface area contributed by atoms with E-state index in [1.807, 2.05) is 19.1 Å². The van der Waals surface area contributed by atoms with Crippen LogP contribution in [0.1, 0.15) is 75.0 Å². The molecule has 0 bridgehead atoms. The van der Waals surface area contributed by atoms with Gasteiger partial charge in [-0.3, -0.25) is 24.0 Å². The minimum atomic E-state index is -0.904. The number of nitrogens with one attached hydrogen (secondary N) is 4. The van der Waals surface area contributed by atoms with Crippen LogP contribution in [0.5, 0.6) is 0 Å². The monoisotopic (exact) mass is 779 g/mol. The van der Waals surface area contributed by atoms with E-state index in [4.69, 9.17) is 4.74 Å². The second-order valence-corrected chi connectivity index (χ2v) is 14.5. The van der Waals surface area contributed by atoms with Crippen molar-refractivity contribution in [3.05, 3.63) is 65.2 Å². The highest BCUT2D eigenvalue weighted by atomic mass is 19.2. The molecule has 16 heteroatoms. The fraction of sp³-hybridized carbons (Fsp3) is 0.525. The summed E-state index contributed by atoms with van der Waals surface area (Å²) in [6, 6.07) is 12.3. The molecule has 56 heavy (non-hydrogen) atoms. The number of hydrogen-bond acceptors (Lipinski definition) is 8. The lowest BCUT2D eigenvalue weighted by Gasteiger charge is -2.38. The van der Waals surface area contributed by atoms with Gasteiger partial charge in [0.15, 0.2) is 0 Å². The minimum absolute atomic E-state index is 0.00347. The zero-order chi connectivity index (χ0) is 40.8. The number of aryl methyl sites for hydroxylation is 3. The summed E-state index contributed by atoms with van der Waals surface area (Å²) in [5, 5.41) is 7.46. The number of halogens is 1. The predicted octanol–water partition coefficient (Wildman–Crippen LogP) is 3.22. The van der Waals surface area contributed by atoms with E-state index in [0.717, 1.165) is 30.4 Å². The van der Waals surface area contributed by atoms with Gasteiger partial charge in [0.1, 0.15) is 37.3 Å². The molecule has 4 aliphatic heterocycles. The standard InChI is InChI=1S/C22H32N4O6.C10H12FN3O2.C8H10/c1-14-20(29)26-12-5-8-17(26)22(31)32-13-9-18(27)24-11-4-7-16(24)21(30)25-10-3-2-6-15(25)19(28)23-14;1-7-2-4-8(5-3-7)13-10(16)12-6-9(15)14-11;1-7-4-3-5-8(2)6-7/h14-17H,2-13H2,1H3,(H,23,28);2-5H,6H2,1H3,(H,14,15)(H2,12,13,16);3-6H,1-2H3. The van der Waals surface area contributed by atoms with E-state index in [-0.39, 0.29) is 36.7 Å².